The number of rotatable bonds is 4. The summed E-state index contributed by atoms with van der Waals surface area (Å²) < 4.78 is 30.2. The maximum Gasteiger partial charge on any atom is 0.335 e. The fourth-order valence-electron chi connectivity index (χ4n) is 2.79. The summed E-state index contributed by atoms with van der Waals surface area (Å²) in [5, 5.41) is 8.81. The predicted molar refractivity (Wildman–Crippen MR) is 91.4 cm³/mol. The molecule has 0 unspecified atom stereocenters. The van der Waals surface area contributed by atoms with Crippen LogP contribution in [0.5, 0.6) is 0 Å². The van der Waals surface area contributed by atoms with Gasteiger partial charge in [0.15, 0.2) is 0 Å². The zero-order valence-corrected chi connectivity index (χ0v) is 15.1. The van der Waals surface area contributed by atoms with Crippen molar-refractivity contribution in [2.24, 2.45) is 0 Å². The lowest BCUT2D eigenvalue weighted by Crippen LogP contribution is -2.35. The summed E-state index contributed by atoms with van der Waals surface area (Å²) >= 11 is 0. The molecule has 0 atom stereocenters. The number of carbonyl (C=O) groups is 2. The van der Waals surface area contributed by atoms with Crippen LogP contribution < -0.4 is 0 Å². The summed E-state index contributed by atoms with van der Waals surface area (Å²) in [5.74, 6) is -1.38. The van der Waals surface area contributed by atoms with Crippen LogP contribution in [0.2, 0.25) is 0 Å². The molecule has 0 fully saturated rings. The van der Waals surface area contributed by atoms with E-state index in [0.717, 1.165) is 21.7 Å². The number of nitrogens with zero attached hydrogens (tertiary/aromatic N) is 2. The first-order valence-electron chi connectivity index (χ1n) is 7.85. The molecule has 1 aliphatic rings. The highest BCUT2D eigenvalue weighted by molar-refractivity contribution is 7.88. The molecule has 1 amide bonds. The van der Waals surface area contributed by atoms with Crippen LogP contribution in [-0.2, 0) is 23.0 Å². The molecule has 0 spiro atoms. The number of carboxylic acid groups (broad SMARTS) is 1. The third-order valence-electron chi connectivity index (χ3n) is 4.31. The minimum atomic E-state index is -3.75. The molecule has 0 saturated heterocycles. The van der Waals surface area contributed by atoms with E-state index < -0.39 is 16.0 Å². The smallest absolute Gasteiger partial charge is 0.335 e. The van der Waals surface area contributed by atoms with Gasteiger partial charge in [-0.15, -0.1) is 0 Å². The lowest BCUT2D eigenvalue weighted by molar-refractivity contribution is 0.0696. The van der Waals surface area contributed by atoms with Crippen LogP contribution in [0.25, 0.3) is 0 Å². The Balaban J connectivity index is 1.83. The molecule has 1 aromatic heterocycles. The van der Waals surface area contributed by atoms with Crippen LogP contribution in [0.1, 0.15) is 31.8 Å². The van der Waals surface area contributed by atoms with Gasteiger partial charge in [-0.3, -0.25) is 4.79 Å². The van der Waals surface area contributed by atoms with Gasteiger partial charge in [-0.25, -0.2) is 17.5 Å². The highest BCUT2D eigenvalue weighted by atomic mass is 32.2. The van der Waals surface area contributed by atoms with Gasteiger partial charge in [-0.2, -0.15) is 0 Å². The summed E-state index contributed by atoms with van der Waals surface area (Å²) in [5.41, 5.74) is 2.08. The van der Waals surface area contributed by atoms with Crippen molar-refractivity contribution < 1.29 is 27.5 Å². The van der Waals surface area contributed by atoms with Crippen molar-refractivity contribution in [3.63, 3.8) is 0 Å². The normalized spacial score (nSPS) is 14.3. The van der Waals surface area contributed by atoms with Crippen molar-refractivity contribution in [3.8, 4) is 0 Å². The van der Waals surface area contributed by atoms with Gasteiger partial charge < -0.3 is 14.4 Å². The van der Waals surface area contributed by atoms with Crippen LogP contribution in [-0.4, -0.2) is 55.2 Å². The topological polar surface area (TPSA) is 108 Å². The number of sulfonamides is 1. The standard InChI is InChI=1S/C17H18N2O6S/c1-18(2)26(23,24)15-8-14(10-25-15)16(20)19-6-5-11-3-4-12(17(21)22)7-13(11)9-19/h3-4,7-8,10H,5-6,9H2,1-2H3,(H,21,22). The number of fused-ring (bicyclic) bond motifs is 1. The van der Waals surface area contributed by atoms with Gasteiger partial charge in [-0.1, -0.05) is 6.07 Å². The molecule has 1 aliphatic heterocycles. The zero-order chi connectivity index (χ0) is 19.1. The summed E-state index contributed by atoms with van der Waals surface area (Å²) in [6.45, 7) is 0.718. The lowest BCUT2D eigenvalue weighted by Gasteiger charge is -2.28. The molecular weight excluding hydrogens is 360 g/mol. The van der Waals surface area contributed by atoms with E-state index in [9.17, 15) is 18.0 Å². The van der Waals surface area contributed by atoms with Gasteiger partial charge in [-0.05, 0) is 29.7 Å². The van der Waals surface area contributed by atoms with Crippen LogP contribution in [0.3, 0.4) is 0 Å². The molecule has 0 bridgehead atoms. The minimum absolute atomic E-state index is 0.142. The van der Waals surface area contributed by atoms with E-state index in [1.54, 1.807) is 23.1 Å². The van der Waals surface area contributed by atoms with E-state index >= 15 is 0 Å². The van der Waals surface area contributed by atoms with Gasteiger partial charge in [0.2, 0.25) is 5.09 Å². The Hall–Kier alpha value is -2.65. The molecule has 9 heteroatoms. The highest BCUT2D eigenvalue weighted by Gasteiger charge is 2.27. The quantitative estimate of drug-likeness (QED) is 0.862. The number of aromatic carboxylic acids is 1. The maximum atomic E-state index is 12.7. The molecule has 1 aromatic carbocycles. The SMILES string of the molecule is CN(C)S(=O)(=O)c1cc(C(=O)N2CCc3ccc(C(=O)O)cc3C2)co1. The van der Waals surface area contributed by atoms with Crippen LogP contribution in [0, 0.1) is 0 Å². The molecule has 26 heavy (non-hydrogen) atoms. The third-order valence-corrected chi connectivity index (χ3v) is 5.99. The van der Waals surface area contributed by atoms with Gasteiger partial charge in [0.05, 0.1) is 11.1 Å². The monoisotopic (exact) mass is 378 g/mol. The Bertz CT molecular complexity index is 977. The molecule has 8 nitrogen and oxygen atoms in total. The summed E-state index contributed by atoms with van der Waals surface area (Å²) in [7, 11) is -1.00. The molecule has 0 aliphatic carbocycles. The second-order valence-corrected chi connectivity index (χ2v) is 8.29. The fourth-order valence-corrected chi connectivity index (χ4v) is 3.60. The molecule has 2 heterocycles. The molecular formula is C17H18N2O6S. The van der Waals surface area contributed by atoms with Gasteiger partial charge >= 0.3 is 5.97 Å². The number of amides is 1. The summed E-state index contributed by atoms with van der Waals surface area (Å²) in [6.07, 6.45) is 1.73. The number of hydrogen-bond donors (Lipinski definition) is 1. The van der Waals surface area contributed by atoms with E-state index in [2.05, 4.69) is 0 Å². The van der Waals surface area contributed by atoms with Crippen LogP contribution >= 0.6 is 0 Å². The summed E-state index contributed by atoms with van der Waals surface area (Å²) in [6, 6.07) is 6.09. The third kappa shape index (κ3) is 3.23. The summed E-state index contributed by atoms with van der Waals surface area (Å²) in [4.78, 5) is 25.3. The Labute approximate surface area is 150 Å². The number of hydrogen-bond acceptors (Lipinski definition) is 5. The Morgan fingerprint density at radius 3 is 2.54 bits per heavy atom. The minimum Gasteiger partial charge on any atom is -0.478 e. The average molecular weight is 378 g/mol. The lowest BCUT2D eigenvalue weighted by atomic mass is 9.97. The molecule has 3 rings (SSSR count). The number of furan rings is 1. The predicted octanol–water partition coefficient (Wildman–Crippen LogP) is 1.43. The molecule has 1 N–H and O–H groups in total. The van der Waals surface area contributed by atoms with Crippen molar-refractivity contribution in [1.29, 1.82) is 0 Å². The van der Waals surface area contributed by atoms with E-state index in [4.69, 9.17) is 9.52 Å². The number of carbonyl (C=O) groups excluding carboxylic acids is 1. The first-order valence-corrected chi connectivity index (χ1v) is 9.29. The fraction of sp³-hybridized carbons (Fsp3) is 0.294. The maximum absolute atomic E-state index is 12.7. The van der Waals surface area contributed by atoms with Crippen molar-refractivity contribution in [3.05, 3.63) is 52.8 Å². The highest BCUT2D eigenvalue weighted by Crippen LogP contribution is 2.24. The largest absolute Gasteiger partial charge is 0.478 e. The number of carboxylic acids is 1. The van der Waals surface area contributed by atoms with Crippen LogP contribution in [0.4, 0.5) is 0 Å². The Kier molecular flexibility index (Phi) is 4.59. The van der Waals surface area contributed by atoms with E-state index in [-0.39, 0.29) is 28.7 Å². The Morgan fingerprint density at radius 1 is 1.15 bits per heavy atom. The van der Waals surface area contributed by atoms with E-state index in [1.165, 1.54) is 20.2 Å². The van der Waals surface area contributed by atoms with Gasteiger partial charge in [0.25, 0.3) is 15.9 Å². The first kappa shape index (κ1) is 18.2. The van der Waals surface area contributed by atoms with Gasteiger partial charge in [0, 0.05) is 33.3 Å². The second-order valence-electron chi connectivity index (χ2n) is 6.21. The average Bonchev–Trinajstić information content (AvgIpc) is 3.10. The van der Waals surface area contributed by atoms with Crippen molar-refractivity contribution >= 4 is 21.9 Å². The molecule has 0 radical (unpaired) electrons. The van der Waals surface area contributed by atoms with Crippen molar-refractivity contribution in [2.75, 3.05) is 20.6 Å². The van der Waals surface area contributed by atoms with Crippen molar-refractivity contribution in [2.45, 2.75) is 18.1 Å². The van der Waals surface area contributed by atoms with Crippen LogP contribution in [0.15, 0.2) is 40.0 Å². The van der Waals surface area contributed by atoms with Crippen molar-refractivity contribution in [1.82, 2.24) is 9.21 Å². The first-order chi connectivity index (χ1) is 12.2. The molecule has 2 aromatic rings. The molecule has 138 valence electrons. The Morgan fingerprint density at radius 2 is 1.88 bits per heavy atom. The van der Waals surface area contributed by atoms with E-state index in [0.29, 0.717) is 13.0 Å². The zero-order valence-electron chi connectivity index (χ0n) is 14.3. The molecule has 0 saturated carbocycles. The van der Waals surface area contributed by atoms with E-state index in [1.807, 2.05) is 0 Å². The number of benzene rings is 1. The second kappa shape index (κ2) is 6.58. The van der Waals surface area contributed by atoms with Gasteiger partial charge in [0.1, 0.15) is 6.26 Å².